The summed E-state index contributed by atoms with van der Waals surface area (Å²) < 4.78 is 2.22. The van der Waals surface area contributed by atoms with Crippen LogP contribution in [0.1, 0.15) is 31.4 Å². The van der Waals surface area contributed by atoms with Gasteiger partial charge >= 0.3 is 0 Å². The smallest absolute Gasteiger partial charge is 0.0492 e. The Morgan fingerprint density at radius 3 is 3.07 bits per heavy atom. The third kappa shape index (κ3) is 2.23. The summed E-state index contributed by atoms with van der Waals surface area (Å²) in [5.41, 5.74) is 1.42. The number of aromatic nitrogens is 2. The van der Waals surface area contributed by atoms with E-state index >= 15 is 0 Å². The first-order chi connectivity index (χ1) is 7.42. The van der Waals surface area contributed by atoms with Crippen LogP contribution in [0.15, 0.2) is 12.3 Å². The van der Waals surface area contributed by atoms with E-state index in [9.17, 15) is 0 Å². The molecule has 0 bridgehead atoms. The first-order valence-electron chi connectivity index (χ1n) is 6.16. The number of nitrogens with zero attached hydrogens (tertiary/aromatic N) is 2. The van der Waals surface area contributed by atoms with E-state index in [2.05, 4.69) is 21.2 Å². The van der Waals surface area contributed by atoms with Crippen molar-refractivity contribution >= 4 is 0 Å². The Bertz CT molecular complexity index is 321. The fraction of sp³-hybridized carbons (Fsp3) is 0.750. The second-order valence-electron chi connectivity index (χ2n) is 4.95. The zero-order valence-electron chi connectivity index (χ0n) is 9.15. The molecular formula is C12H19N3. The molecule has 1 saturated carbocycles. The summed E-state index contributed by atoms with van der Waals surface area (Å²) in [6, 6.07) is 2.88. The lowest BCUT2D eigenvalue weighted by molar-refractivity contribution is 0.509. The van der Waals surface area contributed by atoms with Crippen LogP contribution in [0.5, 0.6) is 0 Å². The summed E-state index contributed by atoms with van der Waals surface area (Å²) in [5, 5.41) is 7.98. The Morgan fingerprint density at radius 2 is 2.33 bits per heavy atom. The maximum Gasteiger partial charge on any atom is 0.0492 e. The van der Waals surface area contributed by atoms with Crippen LogP contribution in [0, 0.1) is 5.92 Å². The van der Waals surface area contributed by atoms with Gasteiger partial charge < -0.3 is 5.32 Å². The third-order valence-corrected chi connectivity index (χ3v) is 3.55. The molecule has 82 valence electrons. The van der Waals surface area contributed by atoms with Gasteiger partial charge in [0.05, 0.1) is 0 Å². The number of rotatable bonds is 4. The van der Waals surface area contributed by atoms with Gasteiger partial charge in [-0.3, -0.25) is 4.68 Å². The molecule has 1 aliphatic carbocycles. The summed E-state index contributed by atoms with van der Waals surface area (Å²) >= 11 is 0. The molecule has 3 heteroatoms. The fourth-order valence-electron chi connectivity index (χ4n) is 2.43. The predicted molar refractivity (Wildman–Crippen MR) is 59.7 cm³/mol. The van der Waals surface area contributed by atoms with E-state index in [1.54, 1.807) is 0 Å². The quantitative estimate of drug-likeness (QED) is 0.809. The van der Waals surface area contributed by atoms with Crippen molar-refractivity contribution in [3.63, 3.8) is 0 Å². The van der Waals surface area contributed by atoms with Gasteiger partial charge in [-0.15, -0.1) is 0 Å². The van der Waals surface area contributed by atoms with E-state index in [0.717, 1.165) is 18.9 Å². The van der Waals surface area contributed by atoms with Gasteiger partial charge in [-0.25, -0.2) is 0 Å². The minimum absolute atomic E-state index is 0.694. The van der Waals surface area contributed by atoms with Gasteiger partial charge in [0.15, 0.2) is 0 Å². The Kier molecular flexibility index (Phi) is 2.49. The van der Waals surface area contributed by atoms with Crippen LogP contribution in [-0.2, 0) is 13.0 Å². The molecule has 0 spiro atoms. The minimum Gasteiger partial charge on any atom is -0.314 e. The molecule has 1 N–H and O–H groups in total. The van der Waals surface area contributed by atoms with E-state index in [1.165, 1.54) is 37.9 Å². The van der Waals surface area contributed by atoms with Gasteiger partial charge in [-0.2, -0.15) is 5.10 Å². The van der Waals surface area contributed by atoms with Crippen LogP contribution in [0.3, 0.4) is 0 Å². The highest BCUT2D eigenvalue weighted by Crippen LogP contribution is 2.30. The second-order valence-corrected chi connectivity index (χ2v) is 4.95. The van der Waals surface area contributed by atoms with Gasteiger partial charge in [0.1, 0.15) is 0 Å². The van der Waals surface area contributed by atoms with Crippen molar-refractivity contribution in [3.05, 3.63) is 18.0 Å². The monoisotopic (exact) mass is 205 g/mol. The van der Waals surface area contributed by atoms with Crippen molar-refractivity contribution in [2.45, 2.75) is 44.7 Å². The van der Waals surface area contributed by atoms with Crippen molar-refractivity contribution in [2.24, 2.45) is 5.92 Å². The lowest BCUT2D eigenvalue weighted by Crippen LogP contribution is -2.25. The topological polar surface area (TPSA) is 29.9 Å². The van der Waals surface area contributed by atoms with Crippen molar-refractivity contribution in [2.75, 3.05) is 6.54 Å². The molecule has 15 heavy (non-hydrogen) atoms. The third-order valence-electron chi connectivity index (χ3n) is 3.55. The maximum absolute atomic E-state index is 4.43. The van der Waals surface area contributed by atoms with Crippen LogP contribution < -0.4 is 5.32 Å². The van der Waals surface area contributed by atoms with Crippen LogP contribution in [0.25, 0.3) is 0 Å². The summed E-state index contributed by atoms with van der Waals surface area (Å²) in [5.74, 6) is 0.917. The standard InChI is InChI=1S/C12H19N3/c1-2-11(13-6-1)8-12-5-7-14-15(12)9-10-3-4-10/h5,7,10-11,13H,1-4,6,8-9H2. The zero-order chi connectivity index (χ0) is 10.1. The zero-order valence-corrected chi connectivity index (χ0v) is 9.15. The first kappa shape index (κ1) is 9.40. The molecule has 1 aromatic rings. The Balaban J connectivity index is 1.64. The van der Waals surface area contributed by atoms with Gasteiger partial charge in [0, 0.05) is 30.9 Å². The van der Waals surface area contributed by atoms with Crippen LogP contribution in [0.4, 0.5) is 0 Å². The molecule has 0 aromatic carbocycles. The van der Waals surface area contributed by atoms with E-state index in [0.29, 0.717) is 6.04 Å². The second kappa shape index (κ2) is 3.97. The Morgan fingerprint density at radius 1 is 1.40 bits per heavy atom. The number of nitrogens with one attached hydrogen (secondary N) is 1. The van der Waals surface area contributed by atoms with Crippen LogP contribution in [0.2, 0.25) is 0 Å². The lowest BCUT2D eigenvalue weighted by atomic mass is 10.1. The molecule has 2 aliphatic rings. The SMILES string of the molecule is c1cc(CC2CCCN2)n(CC2CC2)n1. The average Bonchev–Trinajstić information content (AvgIpc) is 2.75. The molecule has 2 heterocycles. The predicted octanol–water partition coefficient (Wildman–Crippen LogP) is 1.59. The van der Waals surface area contributed by atoms with Crippen molar-refractivity contribution in [1.29, 1.82) is 0 Å². The van der Waals surface area contributed by atoms with Crippen molar-refractivity contribution in [3.8, 4) is 0 Å². The highest BCUT2D eigenvalue weighted by Gasteiger charge is 2.23. The van der Waals surface area contributed by atoms with Gasteiger partial charge in [0.2, 0.25) is 0 Å². The van der Waals surface area contributed by atoms with E-state index in [4.69, 9.17) is 0 Å². The maximum atomic E-state index is 4.43. The summed E-state index contributed by atoms with van der Waals surface area (Å²) in [7, 11) is 0. The molecule has 1 unspecified atom stereocenters. The summed E-state index contributed by atoms with van der Waals surface area (Å²) in [6.07, 6.45) is 8.58. The van der Waals surface area contributed by atoms with E-state index in [-0.39, 0.29) is 0 Å². The summed E-state index contributed by atoms with van der Waals surface area (Å²) in [6.45, 7) is 2.34. The molecule has 1 atom stereocenters. The molecule has 3 nitrogen and oxygen atoms in total. The molecular weight excluding hydrogens is 186 g/mol. The molecule has 2 fully saturated rings. The number of hydrogen-bond acceptors (Lipinski definition) is 2. The van der Waals surface area contributed by atoms with Crippen molar-refractivity contribution < 1.29 is 0 Å². The lowest BCUT2D eigenvalue weighted by Gasteiger charge is -2.11. The normalized spacial score (nSPS) is 26.0. The molecule has 1 aromatic heterocycles. The van der Waals surface area contributed by atoms with Gasteiger partial charge in [-0.1, -0.05) is 0 Å². The van der Waals surface area contributed by atoms with Crippen molar-refractivity contribution in [1.82, 2.24) is 15.1 Å². The largest absolute Gasteiger partial charge is 0.314 e. The Hall–Kier alpha value is -0.830. The summed E-state index contributed by atoms with van der Waals surface area (Å²) in [4.78, 5) is 0. The average molecular weight is 205 g/mol. The van der Waals surface area contributed by atoms with Crippen LogP contribution in [-0.4, -0.2) is 22.4 Å². The molecule has 0 amide bonds. The molecule has 3 rings (SSSR count). The van der Waals surface area contributed by atoms with E-state index in [1.807, 2.05) is 6.20 Å². The van der Waals surface area contributed by atoms with E-state index < -0.39 is 0 Å². The molecule has 1 saturated heterocycles. The highest BCUT2D eigenvalue weighted by molar-refractivity contribution is 5.04. The van der Waals surface area contributed by atoms with Crippen LogP contribution >= 0.6 is 0 Å². The van der Waals surface area contributed by atoms with Gasteiger partial charge in [0.25, 0.3) is 0 Å². The molecule has 1 aliphatic heterocycles. The minimum atomic E-state index is 0.694. The van der Waals surface area contributed by atoms with Gasteiger partial charge in [-0.05, 0) is 44.2 Å². The first-order valence-corrected chi connectivity index (χ1v) is 6.16. The molecule has 0 radical (unpaired) electrons. The highest BCUT2D eigenvalue weighted by atomic mass is 15.3. The Labute approximate surface area is 90.9 Å². The number of hydrogen-bond donors (Lipinski definition) is 1. The fourth-order valence-corrected chi connectivity index (χ4v) is 2.43.